The van der Waals surface area contributed by atoms with E-state index in [2.05, 4.69) is 67.5 Å². The first-order valence-corrected chi connectivity index (χ1v) is 17.0. The molecular formula is C36H52B2O8. The van der Waals surface area contributed by atoms with Crippen LogP contribution in [0.2, 0.25) is 0 Å². The van der Waals surface area contributed by atoms with E-state index in [1.807, 2.05) is 0 Å². The summed E-state index contributed by atoms with van der Waals surface area (Å²) in [5.74, 6) is 1.45. The number of rotatable bonds is 9. The van der Waals surface area contributed by atoms with Crippen LogP contribution in [-0.4, -0.2) is 64.4 Å². The van der Waals surface area contributed by atoms with Crippen LogP contribution in [0.25, 0.3) is 11.1 Å². The molecule has 2 aromatic rings. The second-order valence-corrected chi connectivity index (χ2v) is 15.3. The van der Waals surface area contributed by atoms with Crippen LogP contribution in [0.15, 0.2) is 12.1 Å². The molecule has 2 fully saturated rings. The highest BCUT2D eigenvalue weighted by Gasteiger charge is 2.55. The smallest absolute Gasteiger partial charge is 0.467 e. The van der Waals surface area contributed by atoms with E-state index in [1.54, 1.807) is 14.2 Å². The molecule has 4 aliphatic rings. The van der Waals surface area contributed by atoms with Crippen molar-refractivity contribution in [3.05, 3.63) is 34.4 Å². The van der Waals surface area contributed by atoms with Gasteiger partial charge in [0, 0.05) is 36.3 Å². The molecule has 2 aromatic carbocycles. The molecule has 0 bridgehead atoms. The van der Waals surface area contributed by atoms with Gasteiger partial charge in [-0.15, -0.1) is 0 Å². The van der Waals surface area contributed by atoms with Gasteiger partial charge in [-0.25, -0.2) is 0 Å². The summed E-state index contributed by atoms with van der Waals surface area (Å²) in [6.07, 6.45) is 8.31. The van der Waals surface area contributed by atoms with Gasteiger partial charge in [-0.1, -0.05) is 12.1 Å². The molecule has 6 rings (SSSR count). The Morgan fingerprint density at radius 2 is 0.870 bits per heavy atom. The lowest BCUT2D eigenvalue weighted by molar-refractivity contribution is 0.00578. The third-order valence-corrected chi connectivity index (χ3v) is 11.2. The van der Waals surface area contributed by atoms with E-state index in [9.17, 15) is 0 Å². The predicted octanol–water partition coefficient (Wildman–Crippen LogP) is 5.68. The van der Waals surface area contributed by atoms with Gasteiger partial charge in [-0.05, 0) is 129 Å². The molecule has 0 unspecified atom stereocenters. The van der Waals surface area contributed by atoms with Crippen LogP contribution < -0.4 is 20.4 Å². The third kappa shape index (κ3) is 5.81. The summed E-state index contributed by atoms with van der Waals surface area (Å²) in [5, 5.41) is 0. The topological polar surface area (TPSA) is 73.8 Å². The number of hydrogen-bond donors (Lipinski definition) is 0. The summed E-state index contributed by atoms with van der Waals surface area (Å²) in [4.78, 5) is 0. The second-order valence-electron chi connectivity index (χ2n) is 15.3. The Balaban J connectivity index is 1.66. The molecule has 250 valence electrons. The van der Waals surface area contributed by atoms with E-state index in [0.717, 1.165) is 84.9 Å². The van der Waals surface area contributed by atoms with Gasteiger partial charge in [0.05, 0.1) is 22.4 Å². The monoisotopic (exact) mass is 634 g/mol. The van der Waals surface area contributed by atoms with Gasteiger partial charge in [0.15, 0.2) is 13.6 Å². The molecule has 10 heteroatoms. The number of ether oxygens (including phenoxy) is 4. The van der Waals surface area contributed by atoms with Gasteiger partial charge >= 0.3 is 14.2 Å². The van der Waals surface area contributed by atoms with Crippen molar-refractivity contribution in [1.29, 1.82) is 0 Å². The van der Waals surface area contributed by atoms with Crippen molar-refractivity contribution in [2.45, 2.75) is 129 Å². The van der Waals surface area contributed by atoms with Crippen molar-refractivity contribution in [1.82, 2.24) is 0 Å². The minimum Gasteiger partial charge on any atom is -0.467 e. The van der Waals surface area contributed by atoms with E-state index < -0.39 is 36.6 Å². The fourth-order valence-electron chi connectivity index (χ4n) is 7.18. The first kappa shape index (κ1) is 33.8. The second kappa shape index (κ2) is 12.4. The largest absolute Gasteiger partial charge is 0.498 e. The normalized spacial score (nSPS) is 22.5. The molecule has 8 nitrogen and oxygen atoms in total. The van der Waals surface area contributed by atoms with E-state index in [-0.39, 0.29) is 13.6 Å². The minimum absolute atomic E-state index is 0.0889. The average Bonchev–Trinajstić information content (AvgIpc) is 3.36. The number of methoxy groups -OCH3 is 2. The molecule has 2 aliphatic carbocycles. The molecule has 2 aliphatic heterocycles. The van der Waals surface area contributed by atoms with Crippen LogP contribution in [0, 0.1) is 0 Å². The summed E-state index contributed by atoms with van der Waals surface area (Å²) in [7, 11) is 2.10. The van der Waals surface area contributed by atoms with Crippen molar-refractivity contribution < 1.29 is 37.6 Å². The fraction of sp³-hybridized carbons (Fsp3) is 0.667. The van der Waals surface area contributed by atoms with E-state index >= 15 is 0 Å². The lowest BCUT2D eigenvalue weighted by Gasteiger charge is -2.32. The summed E-state index contributed by atoms with van der Waals surface area (Å²) in [5.41, 5.74) is 7.02. The summed E-state index contributed by atoms with van der Waals surface area (Å²) >= 11 is 0. The molecule has 0 aromatic heterocycles. The Morgan fingerprint density at radius 3 is 1.20 bits per heavy atom. The number of fused-ring (bicyclic) bond motifs is 2. The number of aryl methyl sites for hydroxylation is 2. The standard InChI is InChI=1S/C36H52B2O8/c1-33(2)34(3,4)44-37(43-33)27-19-23-15-11-13-17-25(23)29(31(27)41-21-39-9)30-26-18-14-12-16-24(26)20-28(32(30)42-22-40-10)38-45-35(5,6)36(7,8)46-38/h19-20H,11-18,21-22H2,1-10H3. The number of benzene rings is 2. The summed E-state index contributed by atoms with van der Waals surface area (Å²) < 4.78 is 51.1. The highest BCUT2D eigenvalue weighted by molar-refractivity contribution is 6.64. The van der Waals surface area contributed by atoms with Crippen molar-refractivity contribution in [2.24, 2.45) is 0 Å². The zero-order valence-corrected chi connectivity index (χ0v) is 29.6. The molecular weight excluding hydrogens is 582 g/mol. The molecule has 46 heavy (non-hydrogen) atoms. The zero-order chi connectivity index (χ0) is 33.1. The van der Waals surface area contributed by atoms with Gasteiger partial charge < -0.3 is 37.6 Å². The summed E-state index contributed by atoms with van der Waals surface area (Å²) in [6.45, 7) is 16.9. The molecule has 2 heterocycles. The quantitative estimate of drug-likeness (QED) is 0.258. The van der Waals surface area contributed by atoms with Crippen LogP contribution in [0.3, 0.4) is 0 Å². The Kier molecular flexibility index (Phi) is 9.14. The summed E-state index contributed by atoms with van der Waals surface area (Å²) in [6, 6.07) is 4.51. The highest BCUT2D eigenvalue weighted by Crippen LogP contribution is 2.48. The number of hydrogen-bond acceptors (Lipinski definition) is 8. The van der Waals surface area contributed by atoms with Crippen LogP contribution in [0.4, 0.5) is 0 Å². The molecule has 0 spiro atoms. The van der Waals surface area contributed by atoms with Crippen molar-refractivity contribution >= 4 is 25.2 Å². The SMILES string of the molecule is COCOc1c(B2OC(C)(C)C(C)(C)O2)cc2c(c1-c1c3c(cc(B4OC(C)(C)C(C)(C)O4)c1OCOC)CCCC3)CCCC2. The first-order valence-electron chi connectivity index (χ1n) is 17.0. The van der Waals surface area contributed by atoms with Crippen molar-refractivity contribution in [3.63, 3.8) is 0 Å². The lowest BCUT2D eigenvalue weighted by Crippen LogP contribution is -2.41. The van der Waals surface area contributed by atoms with Crippen LogP contribution in [0.5, 0.6) is 11.5 Å². The highest BCUT2D eigenvalue weighted by atomic mass is 16.7. The van der Waals surface area contributed by atoms with Crippen LogP contribution in [0.1, 0.15) is 103 Å². The Morgan fingerprint density at radius 1 is 0.543 bits per heavy atom. The first-order chi connectivity index (χ1) is 21.7. The van der Waals surface area contributed by atoms with Crippen molar-refractivity contribution in [2.75, 3.05) is 27.8 Å². The molecule has 0 atom stereocenters. The van der Waals surface area contributed by atoms with Gasteiger partial charge in [0.25, 0.3) is 0 Å². The van der Waals surface area contributed by atoms with E-state index in [1.165, 1.54) is 22.3 Å². The molecule has 0 saturated carbocycles. The predicted molar refractivity (Wildman–Crippen MR) is 182 cm³/mol. The zero-order valence-electron chi connectivity index (χ0n) is 29.6. The lowest BCUT2D eigenvalue weighted by atomic mass is 9.69. The minimum atomic E-state index is -0.603. The molecule has 0 radical (unpaired) electrons. The van der Waals surface area contributed by atoms with Gasteiger partial charge in [0.2, 0.25) is 0 Å². The fourth-order valence-corrected chi connectivity index (χ4v) is 7.18. The van der Waals surface area contributed by atoms with Gasteiger partial charge in [-0.3, -0.25) is 0 Å². The maximum Gasteiger partial charge on any atom is 0.498 e. The van der Waals surface area contributed by atoms with E-state index in [4.69, 9.17) is 37.6 Å². The Labute approximate surface area is 276 Å². The molecule has 0 amide bonds. The Hall–Kier alpha value is -2.07. The van der Waals surface area contributed by atoms with Gasteiger partial charge in [-0.2, -0.15) is 0 Å². The average molecular weight is 634 g/mol. The van der Waals surface area contributed by atoms with Crippen molar-refractivity contribution in [3.8, 4) is 22.6 Å². The Bertz CT molecular complexity index is 1330. The van der Waals surface area contributed by atoms with Gasteiger partial charge in [0.1, 0.15) is 11.5 Å². The third-order valence-electron chi connectivity index (χ3n) is 11.2. The van der Waals surface area contributed by atoms with Crippen LogP contribution >= 0.6 is 0 Å². The maximum atomic E-state index is 6.68. The maximum absolute atomic E-state index is 6.68. The molecule has 0 N–H and O–H groups in total. The molecule has 2 saturated heterocycles. The van der Waals surface area contributed by atoms with E-state index in [0.29, 0.717) is 0 Å². The van der Waals surface area contributed by atoms with Crippen LogP contribution in [-0.2, 0) is 53.8 Å².